The van der Waals surface area contributed by atoms with E-state index in [1.807, 2.05) is 0 Å². The van der Waals surface area contributed by atoms with Crippen LogP contribution in [0.15, 0.2) is 18.2 Å². The third kappa shape index (κ3) is 4.64. The van der Waals surface area contributed by atoms with Crippen LogP contribution in [0.25, 0.3) is 0 Å². The zero-order valence-electron chi connectivity index (χ0n) is 11.4. The molecule has 0 fully saturated rings. The van der Waals surface area contributed by atoms with Crippen molar-refractivity contribution in [1.82, 2.24) is 0 Å². The van der Waals surface area contributed by atoms with Crippen molar-refractivity contribution in [3.8, 4) is 11.5 Å². The van der Waals surface area contributed by atoms with Crippen molar-refractivity contribution in [2.45, 2.75) is 19.8 Å². The van der Waals surface area contributed by atoms with E-state index < -0.39 is 0 Å². The molecular weight excluding hydrogens is 263 g/mol. The van der Waals surface area contributed by atoms with Gasteiger partial charge in [0.15, 0.2) is 5.52 Å². The molecule has 1 rings (SSSR count). The summed E-state index contributed by atoms with van der Waals surface area (Å²) >= 11 is 0. The predicted octanol–water partition coefficient (Wildman–Crippen LogP) is 3.16. The van der Waals surface area contributed by atoms with E-state index in [-0.39, 0.29) is 11.3 Å². The second kappa shape index (κ2) is 7.90. The first-order valence-corrected chi connectivity index (χ1v) is 7.10. The van der Waals surface area contributed by atoms with Crippen LogP contribution < -0.4 is 9.47 Å². The van der Waals surface area contributed by atoms with Gasteiger partial charge in [0.1, 0.15) is 22.8 Å². The van der Waals surface area contributed by atoms with Crippen LogP contribution in [0.4, 0.5) is 0 Å². The molecule has 1 aromatic carbocycles. The standard InChI is InChI=1S/C14H18O4P/c1-10(15)6-5-9-19-14(16)13-11(17-2)7-4-8-12(13)18-3/h4,7-8H,5-6,9H2,1-3H3. The van der Waals surface area contributed by atoms with Crippen LogP contribution in [0, 0.1) is 0 Å². The molecule has 0 bridgehead atoms. The maximum Gasteiger partial charge on any atom is 0.196 e. The Bertz CT molecular complexity index is 435. The monoisotopic (exact) mass is 281 g/mol. The average Bonchev–Trinajstić information content (AvgIpc) is 2.42. The Morgan fingerprint density at radius 1 is 1.16 bits per heavy atom. The molecule has 0 aliphatic rings. The minimum atomic E-state index is -0.0437. The fourth-order valence-electron chi connectivity index (χ4n) is 1.65. The highest BCUT2D eigenvalue weighted by atomic mass is 31.1. The first kappa shape index (κ1) is 15.6. The van der Waals surface area contributed by atoms with E-state index >= 15 is 0 Å². The molecule has 0 saturated carbocycles. The van der Waals surface area contributed by atoms with Crippen molar-refractivity contribution in [1.29, 1.82) is 0 Å². The lowest BCUT2D eigenvalue weighted by Gasteiger charge is -2.11. The van der Waals surface area contributed by atoms with Crippen LogP contribution in [0.3, 0.4) is 0 Å². The summed E-state index contributed by atoms with van der Waals surface area (Å²) in [6.45, 7) is 1.56. The lowest BCUT2D eigenvalue weighted by atomic mass is 10.2. The van der Waals surface area contributed by atoms with Crippen molar-refractivity contribution >= 4 is 19.9 Å². The summed E-state index contributed by atoms with van der Waals surface area (Å²) in [6.07, 6.45) is 1.91. The van der Waals surface area contributed by atoms with Gasteiger partial charge in [-0.15, -0.1) is 0 Å². The number of hydrogen-bond donors (Lipinski definition) is 0. The fourth-order valence-corrected chi connectivity index (χ4v) is 2.55. The van der Waals surface area contributed by atoms with Crippen molar-refractivity contribution in [2.24, 2.45) is 0 Å². The second-order valence-electron chi connectivity index (χ2n) is 4.03. The minimum absolute atomic E-state index is 0.0437. The fraction of sp³-hybridized carbons (Fsp3) is 0.429. The molecule has 0 N–H and O–H groups in total. The molecule has 4 nitrogen and oxygen atoms in total. The number of methoxy groups -OCH3 is 2. The lowest BCUT2D eigenvalue weighted by Crippen LogP contribution is -2.01. The summed E-state index contributed by atoms with van der Waals surface area (Å²) in [4.78, 5) is 23.0. The van der Waals surface area contributed by atoms with Gasteiger partial charge in [-0.3, -0.25) is 4.79 Å². The van der Waals surface area contributed by atoms with Crippen molar-refractivity contribution < 1.29 is 19.1 Å². The van der Waals surface area contributed by atoms with Crippen LogP contribution in [-0.2, 0) is 4.79 Å². The Labute approximate surface area is 115 Å². The Balaban J connectivity index is 2.72. The first-order chi connectivity index (χ1) is 9.10. The lowest BCUT2D eigenvalue weighted by molar-refractivity contribution is -0.117. The number of carbonyl (C=O) groups is 2. The number of Topliss-reactive ketones (excluding diaryl/α,β-unsaturated/α-hetero) is 1. The summed E-state index contributed by atoms with van der Waals surface area (Å²) in [5.74, 6) is 1.18. The zero-order chi connectivity index (χ0) is 14.3. The van der Waals surface area contributed by atoms with E-state index in [1.165, 1.54) is 14.2 Å². The summed E-state index contributed by atoms with van der Waals surface area (Å²) in [5, 5.41) is 0. The molecule has 19 heavy (non-hydrogen) atoms. The molecule has 0 heterocycles. The van der Waals surface area contributed by atoms with Crippen LogP contribution in [0.5, 0.6) is 11.5 Å². The van der Waals surface area contributed by atoms with Gasteiger partial charge in [-0.05, 0) is 31.6 Å². The maximum absolute atomic E-state index is 12.2. The average molecular weight is 281 g/mol. The predicted molar refractivity (Wildman–Crippen MR) is 75.6 cm³/mol. The maximum atomic E-state index is 12.2. The van der Waals surface area contributed by atoms with Gasteiger partial charge in [0.05, 0.1) is 14.2 Å². The van der Waals surface area contributed by atoms with E-state index in [1.54, 1.807) is 25.1 Å². The topological polar surface area (TPSA) is 52.6 Å². The van der Waals surface area contributed by atoms with E-state index in [0.29, 0.717) is 38.2 Å². The zero-order valence-corrected chi connectivity index (χ0v) is 12.3. The van der Waals surface area contributed by atoms with Gasteiger partial charge in [-0.2, -0.15) is 0 Å². The molecule has 0 atom stereocenters. The Morgan fingerprint density at radius 3 is 2.21 bits per heavy atom. The normalized spacial score (nSPS) is 10.7. The Kier molecular flexibility index (Phi) is 6.51. The number of benzene rings is 1. The molecule has 0 saturated heterocycles. The highest BCUT2D eigenvalue weighted by molar-refractivity contribution is 7.58. The number of ketones is 1. The largest absolute Gasteiger partial charge is 0.496 e. The van der Waals surface area contributed by atoms with Crippen LogP contribution >= 0.6 is 8.58 Å². The highest BCUT2D eigenvalue weighted by Crippen LogP contribution is 2.34. The number of rotatable bonds is 8. The van der Waals surface area contributed by atoms with Crippen LogP contribution in [-0.4, -0.2) is 31.7 Å². The molecule has 0 aliphatic heterocycles. The highest BCUT2D eigenvalue weighted by Gasteiger charge is 2.18. The Hall–Kier alpha value is -1.41. The van der Waals surface area contributed by atoms with E-state index in [9.17, 15) is 9.59 Å². The van der Waals surface area contributed by atoms with E-state index in [2.05, 4.69) is 0 Å². The molecule has 0 spiro atoms. The number of ether oxygens (including phenoxy) is 2. The van der Waals surface area contributed by atoms with Crippen molar-refractivity contribution in [3.05, 3.63) is 23.8 Å². The van der Waals surface area contributed by atoms with Gasteiger partial charge in [0, 0.05) is 15.0 Å². The van der Waals surface area contributed by atoms with E-state index in [0.717, 1.165) is 6.42 Å². The molecule has 0 unspecified atom stereocenters. The molecule has 1 radical (unpaired) electrons. The van der Waals surface area contributed by atoms with Crippen LogP contribution in [0.2, 0.25) is 0 Å². The van der Waals surface area contributed by atoms with Gasteiger partial charge in [-0.25, -0.2) is 0 Å². The van der Waals surface area contributed by atoms with Crippen LogP contribution in [0.1, 0.15) is 30.1 Å². The summed E-state index contributed by atoms with van der Waals surface area (Å²) < 4.78 is 10.4. The molecule has 1 aromatic rings. The summed E-state index contributed by atoms with van der Waals surface area (Å²) in [5.41, 5.74) is 0.426. The molecule has 0 aliphatic carbocycles. The summed E-state index contributed by atoms with van der Waals surface area (Å²) in [6, 6.07) is 5.25. The van der Waals surface area contributed by atoms with Gasteiger partial charge in [0.25, 0.3) is 0 Å². The van der Waals surface area contributed by atoms with Gasteiger partial charge in [0.2, 0.25) is 0 Å². The van der Waals surface area contributed by atoms with Gasteiger partial charge < -0.3 is 14.3 Å². The van der Waals surface area contributed by atoms with Crippen molar-refractivity contribution in [2.75, 3.05) is 20.4 Å². The molecule has 5 heteroatoms. The second-order valence-corrected chi connectivity index (χ2v) is 5.20. The molecule has 0 amide bonds. The van der Waals surface area contributed by atoms with Crippen molar-refractivity contribution in [3.63, 3.8) is 0 Å². The Morgan fingerprint density at radius 2 is 1.74 bits per heavy atom. The summed E-state index contributed by atoms with van der Waals surface area (Å²) in [7, 11) is 3.71. The minimum Gasteiger partial charge on any atom is -0.496 e. The third-order valence-electron chi connectivity index (χ3n) is 2.58. The van der Waals surface area contributed by atoms with Gasteiger partial charge in [-0.1, -0.05) is 6.07 Å². The quantitative estimate of drug-likeness (QED) is 0.542. The molecular formula is C14H18O4P. The van der Waals surface area contributed by atoms with E-state index in [4.69, 9.17) is 9.47 Å². The SMILES string of the molecule is COc1cccc(OC)c1C(=O)[P]CCCC(C)=O. The molecule has 103 valence electrons. The molecule has 0 aromatic heterocycles. The van der Waals surface area contributed by atoms with Gasteiger partial charge >= 0.3 is 0 Å². The smallest absolute Gasteiger partial charge is 0.196 e. The third-order valence-corrected chi connectivity index (χ3v) is 3.63. The first-order valence-electron chi connectivity index (χ1n) is 6.02. The number of hydrogen-bond acceptors (Lipinski definition) is 4. The number of carbonyl (C=O) groups excluding carboxylic acids is 2.